The Bertz CT molecular complexity index is 509. The van der Waals surface area contributed by atoms with E-state index in [0.717, 1.165) is 0 Å². The van der Waals surface area contributed by atoms with E-state index in [-0.39, 0.29) is 11.5 Å². The maximum absolute atomic E-state index is 10.5. The number of hydrogen-bond donors (Lipinski definition) is 1. The van der Waals surface area contributed by atoms with E-state index < -0.39 is 4.92 Å². The lowest BCUT2D eigenvalue weighted by molar-refractivity contribution is -0.384. The fourth-order valence-electron chi connectivity index (χ4n) is 1.11. The quantitative estimate of drug-likeness (QED) is 0.436. The number of nitro groups is 1. The van der Waals surface area contributed by atoms with Crippen LogP contribution in [0.5, 0.6) is 0 Å². The first-order chi connectivity index (χ1) is 7.18. The predicted octanol–water partition coefficient (Wildman–Crippen LogP) is 0.486. The van der Waals surface area contributed by atoms with E-state index in [1.807, 2.05) is 0 Å². The molecule has 0 amide bonds. The number of nitro benzene ring substituents is 1. The van der Waals surface area contributed by atoms with Crippen LogP contribution in [-0.2, 0) is 0 Å². The molecule has 8 heteroatoms. The molecule has 0 aliphatic carbocycles. The summed E-state index contributed by atoms with van der Waals surface area (Å²) in [6.07, 6.45) is 0. The highest BCUT2D eigenvalue weighted by molar-refractivity contribution is 5.58. The van der Waals surface area contributed by atoms with Crippen molar-refractivity contribution in [3.8, 4) is 11.4 Å². The normalized spacial score (nSPS) is 10.1. The Kier molecular flexibility index (Phi) is 2.01. The molecule has 1 heterocycles. The predicted molar refractivity (Wildman–Crippen MR) is 47.1 cm³/mol. The van der Waals surface area contributed by atoms with E-state index >= 15 is 0 Å². The second kappa shape index (κ2) is 3.33. The third kappa shape index (κ3) is 1.59. The summed E-state index contributed by atoms with van der Waals surface area (Å²) >= 11 is 0. The average Bonchev–Trinajstić information content (AvgIpc) is 2.64. The molecule has 0 aliphatic heterocycles. The third-order valence-corrected chi connectivity index (χ3v) is 1.77. The summed E-state index contributed by atoms with van der Waals surface area (Å²) in [6.45, 7) is 0. The first-order valence-corrected chi connectivity index (χ1v) is 3.91. The molecule has 0 spiro atoms. The number of tetrazole rings is 1. The van der Waals surface area contributed by atoms with Gasteiger partial charge in [0.2, 0.25) is 5.82 Å². The summed E-state index contributed by atoms with van der Waals surface area (Å²) in [5.41, 5.74) is 0.284. The molecule has 2 aromatic rings. The molecule has 76 valence electrons. The molecule has 0 atom stereocenters. The first kappa shape index (κ1) is 9.06. The minimum absolute atomic E-state index is 0.0544. The molecule has 0 saturated carbocycles. The average molecular weight is 207 g/mol. The summed E-state index contributed by atoms with van der Waals surface area (Å²) in [4.78, 5) is 10.4. The molecule has 1 N–H and O–H groups in total. The van der Waals surface area contributed by atoms with Crippen molar-refractivity contribution in [3.05, 3.63) is 34.4 Å². The van der Waals surface area contributed by atoms with Crippen molar-refractivity contribution in [1.29, 1.82) is 0 Å². The summed E-state index contributed by atoms with van der Waals surface area (Å²) in [6, 6.07) is 5.67. The van der Waals surface area contributed by atoms with Gasteiger partial charge in [0.25, 0.3) is 5.69 Å². The molecule has 0 saturated heterocycles. The number of nitrogens with zero attached hydrogens (tertiary/aromatic N) is 5. The monoisotopic (exact) mass is 207 g/mol. The van der Waals surface area contributed by atoms with Gasteiger partial charge in [-0.1, -0.05) is 17.0 Å². The number of benzene rings is 1. The lowest BCUT2D eigenvalue weighted by atomic mass is 10.2. The second-order valence-electron chi connectivity index (χ2n) is 2.70. The van der Waals surface area contributed by atoms with E-state index in [1.165, 1.54) is 18.2 Å². The Balaban J connectivity index is 2.50. The summed E-state index contributed by atoms with van der Waals surface area (Å²) in [5.74, 6) is 0.0544. The van der Waals surface area contributed by atoms with Gasteiger partial charge in [0.15, 0.2) is 0 Å². The Hall–Kier alpha value is -2.51. The molecule has 1 aromatic heterocycles. The van der Waals surface area contributed by atoms with Gasteiger partial charge >= 0.3 is 0 Å². The van der Waals surface area contributed by atoms with Gasteiger partial charge in [-0.25, -0.2) is 0 Å². The Morgan fingerprint density at radius 2 is 2.27 bits per heavy atom. The molecule has 2 rings (SSSR count). The van der Waals surface area contributed by atoms with Gasteiger partial charge in [-0.3, -0.25) is 10.1 Å². The van der Waals surface area contributed by atoms with E-state index in [2.05, 4.69) is 15.5 Å². The first-order valence-electron chi connectivity index (χ1n) is 3.91. The lowest BCUT2D eigenvalue weighted by Crippen LogP contribution is -1.97. The number of non-ortho nitro benzene ring substituents is 1. The highest BCUT2D eigenvalue weighted by atomic mass is 16.6. The molecule has 15 heavy (non-hydrogen) atoms. The molecule has 8 nitrogen and oxygen atoms in total. The van der Waals surface area contributed by atoms with Crippen LogP contribution >= 0.6 is 0 Å². The van der Waals surface area contributed by atoms with Crippen LogP contribution in [0, 0.1) is 10.1 Å². The van der Waals surface area contributed by atoms with Crippen LogP contribution in [0.2, 0.25) is 0 Å². The standard InChI is InChI=1S/C7H5N5O3/c13-11-7(8-9-10-11)5-2-1-3-6(4-5)12(14)15/h1-4,13H. The Morgan fingerprint density at radius 3 is 2.87 bits per heavy atom. The van der Waals surface area contributed by atoms with Gasteiger partial charge in [-0.15, -0.1) is 5.10 Å². The molecule has 0 fully saturated rings. The van der Waals surface area contributed by atoms with Crippen molar-refractivity contribution in [1.82, 2.24) is 20.4 Å². The fraction of sp³-hybridized carbons (Fsp3) is 0. The summed E-state index contributed by atoms with van der Waals surface area (Å²) in [5, 5.41) is 29.6. The van der Waals surface area contributed by atoms with Crippen molar-refractivity contribution < 1.29 is 10.1 Å². The zero-order valence-corrected chi connectivity index (χ0v) is 7.31. The van der Waals surface area contributed by atoms with Crippen molar-refractivity contribution in [2.75, 3.05) is 0 Å². The van der Waals surface area contributed by atoms with Crippen LogP contribution in [0.15, 0.2) is 24.3 Å². The summed E-state index contributed by atoms with van der Waals surface area (Å²) < 4.78 is 0. The van der Waals surface area contributed by atoms with Crippen molar-refractivity contribution >= 4 is 5.69 Å². The fourth-order valence-corrected chi connectivity index (χ4v) is 1.11. The van der Waals surface area contributed by atoms with Gasteiger partial charge in [0, 0.05) is 17.7 Å². The zero-order chi connectivity index (χ0) is 10.8. The lowest BCUT2D eigenvalue weighted by Gasteiger charge is -1.96. The molecule has 0 unspecified atom stereocenters. The maximum Gasteiger partial charge on any atom is 0.270 e. The van der Waals surface area contributed by atoms with E-state index in [1.54, 1.807) is 6.07 Å². The van der Waals surface area contributed by atoms with Gasteiger partial charge in [-0.05, 0) is 10.4 Å². The number of hydrogen-bond acceptors (Lipinski definition) is 6. The zero-order valence-electron chi connectivity index (χ0n) is 7.31. The van der Waals surface area contributed by atoms with Crippen molar-refractivity contribution in [3.63, 3.8) is 0 Å². The third-order valence-electron chi connectivity index (χ3n) is 1.77. The van der Waals surface area contributed by atoms with E-state index in [9.17, 15) is 10.1 Å². The number of aromatic nitrogens is 4. The molecule has 0 radical (unpaired) electrons. The van der Waals surface area contributed by atoms with Crippen LogP contribution in [0.25, 0.3) is 11.4 Å². The highest BCUT2D eigenvalue weighted by Gasteiger charge is 2.12. The molecular weight excluding hydrogens is 202 g/mol. The Morgan fingerprint density at radius 1 is 1.47 bits per heavy atom. The van der Waals surface area contributed by atoms with Crippen LogP contribution < -0.4 is 0 Å². The molecule has 0 bridgehead atoms. The molecule has 1 aromatic carbocycles. The largest absolute Gasteiger partial charge is 0.409 e. The van der Waals surface area contributed by atoms with Crippen LogP contribution in [0.3, 0.4) is 0 Å². The van der Waals surface area contributed by atoms with Gasteiger partial charge in [0.05, 0.1) is 4.92 Å². The van der Waals surface area contributed by atoms with E-state index in [0.29, 0.717) is 10.4 Å². The minimum Gasteiger partial charge on any atom is -0.409 e. The van der Waals surface area contributed by atoms with Crippen molar-refractivity contribution in [2.45, 2.75) is 0 Å². The van der Waals surface area contributed by atoms with Crippen LogP contribution in [0.1, 0.15) is 0 Å². The molecular formula is C7H5N5O3. The molecule has 0 aliphatic rings. The topological polar surface area (TPSA) is 107 Å². The number of rotatable bonds is 2. The minimum atomic E-state index is -0.533. The van der Waals surface area contributed by atoms with Gasteiger partial charge < -0.3 is 5.21 Å². The highest BCUT2D eigenvalue weighted by Crippen LogP contribution is 2.20. The maximum atomic E-state index is 10.5. The van der Waals surface area contributed by atoms with Crippen LogP contribution in [0.4, 0.5) is 5.69 Å². The van der Waals surface area contributed by atoms with Crippen LogP contribution in [-0.4, -0.2) is 30.5 Å². The van der Waals surface area contributed by atoms with Crippen molar-refractivity contribution in [2.24, 2.45) is 0 Å². The Labute approximate surface area is 82.9 Å². The SMILES string of the molecule is O=[N+]([O-])c1cccc(-c2nnnn2O)c1. The smallest absolute Gasteiger partial charge is 0.270 e. The van der Waals surface area contributed by atoms with Gasteiger partial charge in [-0.2, -0.15) is 0 Å². The second-order valence-corrected chi connectivity index (χ2v) is 2.70. The van der Waals surface area contributed by atoms with Gasteiger partial charge in [0.1, 0.15) is 0 Å². The summed E-state index contributed by atoms with van der Waals surface area (Å²) in [7, 11) is 0. The van der Waals surface area contributed by atoms with E-state index in [4.69, 9.17) is 5.21 Å².